The van der Waals surface area contributed by atoms with Crippen LogP contribution in [0.4, 0.5) is 0 Å². The summed E-state index contributed by atoms with van der Waals surface area (Å²) in [5, 5.41) is 13.3. The van der Waals surface area contributed by atoms with Gasteiger partial charge in [0.25, 0.3) is 0 Å². The number of nitriles is 1. The Morgan fingerprint density at radius 3 is 2.65 bits per heavy atom. The number of carbonyl (C=O) groups excluding carboxylic acids is 1. The van der Waals surface area contributed by atoms with Crippen LogP contribution in [0.1, 0.15) is 30.4 Å². The maximum absolute atomic E-state index is 12.3. The Bertz CT molecular complexity index is 856. The second-order valence-corrected chi connectivity index (χ2v) is 6.89. The third kappa shape index (κ3) is 4.09. The van der Waals surface area contributed by atoms with E-state index in [0.29, 0.717) is 23.0 Å². The van der Waals surface area contributed by atoms with Crippen LogP contribution in [-0.2, 0) is 10.5 Å². The Morgan fingerprint density at radius 1 is 1.19 bits per heavy atom. The van der Waals surface area contributed by atoms with Gasteiger partial charge in [0.05, 0.1) is 23.3 Å². The van der Waals surface area contributed by atoms with Gasteiger partial charge in [-0.1, -0.05) is 48.5 Å². The molecule has 4 nitrogen and oxygen atoms in total. The number of ether oxygens (including phenoxy) is 1. The zero-order valence-corrected chi connectivity index (χ0v) is 15.4. The van der Waals surface area contributed by atoms with Crippen molar-refractivity contribution in [3.05, 3.63) is 76.3 Å². The maximum Gasteiger partial charge on any atom is 0.225 e. The zero-order chi connectivity index (χ0) is 18.4. The number of rotatable bonds is 6. The zero-order valence-electron chi connectivity index (χ0n) is 14.6. The molecular weight excluding hydrogens is 344 g/mol. The van der Waals surface area contributed by atoms with Gasteiger partial charge in [-0.2, -0.15) is 5.26 Å². The molecule has 2 aromatic carbocycles. The van der Waals surface area contributed by atoms with Gasteiger partial charge in [-0.3, -0.25) is 4.79 Å². The molecule has 0 fully saturated rings. The molecule has 132 valence electrons. The Balaban J connectivity index is 1.92. The summed E-state index contributed by atoms with van der Waals surface area (Å²) in [7, 11) is 0. The summed E-state index contributed by atoms with van der Waals surface area (Å²) >= 11 is 1.49. The largest absolute Gasteiger partial charge is 0.494 e. The van der Waals surface area contributed by atoms with Crippen molar-refractivity contribution >= 4 is 17.7 Å². The molecule has 0 saturated heterocycles. The first-order chi connectivity index (χ1) is 12.7. The molecule has 0 aromatic heterocycles. The van der Waals surface area contributed by atoms with Crippen LogP contribution >= 0.6 is 11.8 Å². The van der Waals surface area contributed by atoms with E-state index >= 15 is 0 Å². The first-order valence-corrected chi connectivity index (χ1v) is 9.54. The highest BCUT2D eigenvalue weighted by molar-refractivity contribution is 8.02. The molecule has 1 heterocycles. The van der Waals surface area contributed by atoms with E-state index in [9.17, 15) is 10.1 Å². The van der Waals surface area contributed by atoms with Gasteiger partial charge in [0.1, 0.15) is 5.75 Å². The van der Waals surface area contributed by atoms with Gasteiger partial charge >= 0.3 is 0 Å². The van der Waals surface area contributed by atoms with E-state index in [1.54, 1.807) is 0 Å². The number of carbonyl (C=O) groups is 1. The Morgan fingerprint density at radius 2 is 1.92 bits per heavy atom. The first-order valence-electron chi connectivity index (χ1n) is 8.55. The summed E-state index contributed by atoms with van der Waals surface area (Å²) in [6, 6.07) is 20.0. The third-order valence-corrected chi connectivity index (χ3v) is 5.26. The summed E-state index contributed by atoms with van der Waals surface area (Å²) in [5.74, 6) is 1.07. The number of amides is 1. The van der Waals surface area contributed by atoms with Gasteiger partial charge in [0, 0.05) is 23.7 Å². The molecule has 3 rings (SSSR count). The van der Waals surface area contributed by atoms with Crippen molar-refractivity contribution in [2.24, 2.45) is 0 Å². The summed E-state index contributed by atoms with van der Waals surface area (Å²) in [6.45, 7) is 2.46. The van der Waals surface area contributed by atoms with Gasteiger partial charge in [-0.05, 0) is 18.6 Å². The first kappa shape index (κ1) is 18.1. The molecule has 0 saturated carbocycles. The van der Waals surface area contributed by atoms with Crippen LogP contribution in [0.2, 0.25) is 0 Å². The topological polar surface area (TPSA) is 62.1 Å². The number of nitrogens with zero attached hydrogens (tertiary/aromatic N) is 1. The van der Waals surface area contributed by atoms with E-state index in [-0.39, 0.29) is 18.2 Å². The monoisotopic (exact) mass is 364 g/mol. The van der Waals surface area contributed by atoms with Crippen molar-refractivity contribution in [2.45, 2.75) is 25.0 Å². The molecule has 0 bridgehead atoms. The quantitative estimate of drug-likeness (QED) is 0.827. The van der Waals surface area contributed by atoms with Gasteiger partial charge in [0.15, 0.2) is 0 Å². The summed E-state index contributed by atoms with van der Waals surface area (Å²) < 4.78 is 5.71. The minimum Gasteiger partial charge on any atom is -0.494 e. The lowest BCUT2D eigenvalue weighted by Gasteiger charge is -2.26. The highest BCUT2D eigenvalue weighted by Crippen LogP contribution is 2.40. The van der Waals surface area contributed by atoms with Crippen LogP contribution in [0.15, 0.2) is 65.2 Å². The summed E-state index contributed by atoms with van der Waals surface area (Å²) in [4.78, 5) is 12.3. The van der Waals surface area contributed by atoms with Crippen molar-refractivity contribution in [1.29, 1.82) is 5.26 Å². The van der Waals surface area contributed by atoms with E-state index in [1.165, 1.54) is 11.8 Å². The van der Waals surface area contributed by atoms with Gasteiger partial charge in [-0.15, -0.1) is 11.8 Å². The van der Waals surface area contributed by atoms with E-state index in [1.807, 2.05) is 61.5 Å². The number of thioether (sulfide) groups is 1. The second kappa shape index (κ2) is 8.59. The van der Waals surface area contributed by atoms with Crippen molar-refractivity contribution in [3.63, 3.8) is 0 Å². The molecule has 5 heteroatoms. The normalized spacial score (nSPS) is 16.8. The molecular formula is C21H20N2O2S. The molecule has 1 atom stereocenters. The minimum atomic E-state index is -0.283. The number of nitrogens with one attached hydrogen (secondary N) is 1. The number of allylic oxidation sites excluding steroid dienone is 1. The highest BCUT2D eigenvalue weighted by Gasteiger charge is 2.31. The molecule has 1 N–H and O–H groups in total. The predicted molar refractivity (Wildman–Crippen MR) is 103 cm³/mol. The van der Waals surface area contributed by atoms with Crippen molar-refractivity contribution in [3.8, 4) is 11.8 Å². The fourth-order valence-electron chi connectivity index (χ4n) is 2.98. The summed E-state index contributed by atoms with van der Waals surface area (Å²) in [6.07, 6.45) is 0.252. The van der Waals surface area contributed by atoms with E-state index < -0.39 is 0 Å². The van der Waals surface area contributed by atoms with Crippen LogP contribution < -0.4 is 10.1 Å². The predicted octanol–water partition coefficient (Wildman–Crippen LogP) is 4.36. The van der Waals surface area contributed by atoms with E-state index in [0.717, 1.165) is 16.9 Å². The van der Waals surface area contributed by atoms with Crippen LogP contribution in [0.5, 0.6) is 5.75 Å². The van der Waals surface area contributed by atoms with Crippen molar-refractivity contribution in [1.82, 2.24) is 5.32 Å². The van der Waals surface area contributed by atoms with Crippen LogP contribution in [0, 0.1) is 11.3 Å². The highest BCUT2D eigenvalue weighted by atomic mass is 32.2. The smallest absolute Gasteiger partial charge is 0.225 e. The number of hydrogen-bond donors (Lipinski definition) is 1. The Labute approximate surface area is 157 Å². The van der Waals surface area contributed by atoms with E-state index in [4.69, 9.17) is 4.74 Å². The molecule has 0 radical (unpaired) electrons. The molecule has 1 aliphatic heterocycles. The van der Waals surface area contributed by atoms with Crippen LogP contribution in [-0.4, -0.2) is 12.5 Å². The lowest BCUT2D eigenvalue weighted by Crippen LogP contribution is -2.31. The van der Waals surface area contributed by atoms with Gasteiger partial charge in [0.2, 0.25) is 5.91 Å². The Hall–Kier alpha value is -2.71. The lowest BCUT2D eigenvalue weighted by molar-refractivity contribution is -0.120. The number of benzene rings is 2. The molecule has 0 spiro atoms. The van der Waals surface area contributed by atoms with Gasteiger partial charge < -0.3 is 10.1 Å². The van der Waals surface area contributed by atoms with Gasteiger partial charge in [-0.25, -0.2) is 0 Å². The third-order valence-electron chi connectivity index (χ3n) is 4.18. The summed E-state index contributed by atoms with van der Waals surface area (Å²) in [5.41, 5.74) is 2.63. The molecule has 1 aliphatic rings. The molecule has 0 unspecified atom stereocenters. The fraction of sp³-hybridized carbons (Fsp3) is 0.238. The van der Waals surface area contributed by atoms with Crippen molar-refractivity contribution < 1.29 is 9.53 Å². The SMILES string of the molecule is CCOc1ccccc1[C@@H]1CC(=O)NC(SCc2ccccc2)=C1C#N. The lowest BCUT2D eigenvalue weighted by atomic mass is 9.86. The van der Waals surface area contributed by atoms with E-state index in [2.05, 4.69) is 11.4 Å². The van der Waals surface area contributed by atoms with Crippen LogP contribution in [0.3, 0.4) is 0 Å². The second-order valence-electron chi connectivity index (χ2n) is 5.90. The molecule has 0 aliphatic carbocycles. The maximum atomic E-state index is 12.3. The molecule has 26 heavy (non-hydrogen) atoms. The molecule has 2 aromatic rings. The molecule has 1 amide bonds. The standard InChI is InChI=1S/C21H20N2O2S/c1-2-25-19-11-7-6-10-16(19)17-12-20(24)23-21(18(17)13-22)26-14-15-8-4-3-5-9-15/h3-11,17H,2,12,14H2,1H3,(H,23,24)/t17-/m0/s1. The number of hydrogen-bond acceptors (Lipinski definition) is 4. The number of para-hydroxylation sites is 1. The minimum absolute atomic E-state index is 0.0733. The average Bonchev–Trinajstić information content (AvgIpc) is 2.67. The fourth-order valence-corrected chi connectivity index (χ4v) is 4.02. The average molecular weight is 364 g/mol. The van der Waals surface area contributed by atoms with Crippen molar-refractivity contribution in [2.75, 3.05) is 6.61 Å². The Kier molecular flexibility index (Phi) is 5.98. The van der Waals surface area contributed by atoms with Crippen LogP contribution in [0.25, 0.3) is 0 Å².